The number of aromatic amines is 4. The number of fused-ring (bicyclic) bond motifs is 8. The fourth-order valence-corrected chi connectivity index (χ4v) is 17.1. The molecule has 0 spiro atoms. The van der Waals surface area contributed by atoms with E-state index < -0.39 is 0 Å². The lowest BCUT2D eigenvalue weighted by Crippen LogP contribution is -2.38. The lowest BCUT2D eigenvalue weighted by Gasteiger charge is -2.34. The second kappa shape index (κ2) is 35.1. The number of anilines is 4. The maximum atomic E-state index is 13.9. The largest absolute Gasteiger partial charge is 0.360 e. The Bertz CT molecular complexity index is 6880. The van der Waals surface area contributed by atoms with Crippen LogP contribution in [0, 0.1) is 34.6 Å². The molecule has 29 nitrogen and oxygen atoms in total. The Balaban J connectivity index is 0.000000125. The van der Waals surface area contributed by atoms with Crippen LogP contribution in [0.5, 0.6) is 0 Å². The summed E-state index contributed by atoms with van der Waals surface area (Å²) in [4.78, 5) is 120. The molecule has 5 aromatic carbocycles. The number of nitrogens with one attached hydrogen (secondary N) is 8. The number of rotatable bonds is 17. The first-order chi connectivity index (χ1) is 57.7. The Hall–Kier alpha value is -13.4. The van der Waals surface area contributed by atoms with Crippen molar-refractivity contribution in [3.8, 4) is 5.69 Å². The van der Waals surface area contributed by atoms with Crippen LogP contribution in [0.3, 0.4) is 0 Å². The van der Waals surface area contributed by atoms with Gasteiger partial charge in [0.25, 0.3) is 22.2 Å². The molecule has 17 aromatic rings. The fraction of sp³-hybridized carbons (Fsp3) is 0.311. The number of hydrogen-bond acceptors (Lipinski definition) is 21. The standard InChI is InChI=1S/C24H29N7O.C24H22N6O.C22H24N6O.C20H22N6O.H2S/c1-4-18(29-23-21-22(26-13-25-21)27-14-28-23)19-12-16-7-5-6-15(2)20(16)24(32)31(19)17-8-10-30(3)11-9-17;1-14-6-4-9-18(10-14)30-19(11-17-8-5-7-15(2)20(17)24(30)31)16(3)29-23-21-22(26-12-25-21)27-13-28-23;1-13-6-5-7-15-10-17(28(22(29)18(13)15)16-8-3-4-9-16)14(2)27-21-19-20(24-11-23-19)25-12-26-21;1-11(2)26-15(8-14-7-5-6-12(3)16(14)20(26)27)13(4)25-19-17-18(22-9-21-17)23-10-24-19;/h5-7,12-14,17-18H,4,8-11H2,1-3H3,(H2,25,26,27,28,29);4-13,16H,1-3H3,(H2,25,26,27,28,29);5-7,10-12,14,16H,3-4,8-9H2,1-2H3,(H2,23,24,25,26,27);5-11,13H,1-4H3,(H2,21,22,23,24,25);1H2/t;;;13-;/m...0./s1. The van der Waals surface area contributed by atoms with Gasteiger partial charge in [-0.1, -0.05) is 105 Å². The summed E-state index contributed by atoms with van der Waals surface area (Å²) in [5.41, 5.74) is 15.4. The second-order valence-electron chi connectivity index (χ2n) is 31.5. The van der Waals surface area contributed by atoms with Crippen molar-refractivity contribution in [1.29, 1.82) is 0 Å². The Labute approximate surface area is 698 Å². The SMILES string of the molecule is CCC(Nc1ncnc2nc[nH]c12)c1cc2cccc(C)c2c(=O)n1C1CCN(C)CC1.Cc1cccc(-n2c(C(C)Nc3ncnc4nc[nH]c34)cc3cccc(C)c3c2=O)c1.Cc1cccc2cc(C(C)Nc3ncnc4nc[nH]c34)n(C3CCCC3)c(=O)c12.Cc1cccc2cc([C@H](C)Nc3ncnc4nc[nH]c34)n(C(C)C)c(=O)c12.S. The van der Waals surface area contributed by atoms with Gasteiger partial charge in [-0.2, -0.15) is 13.5 Å². The first-order valence-corrected chi connectivity index (χ1v) is 40.7. The zero-order chi connectivity index (χ0) is 82.9. The summed E-state index contributed by atoms with van der Waals surface area (Å²) in [6.45, 7) is 24.3. The van der Waals surface area contributed by atoms with Gasteiger partial charge in [0, 0.05) is 46.6 Å². The quantitative estimate of drug-likeness (QED) is 0.0420. The minimum absolute atomic E-state index is 0. The van der Waals surface area contributed by atoms with E-state index in [1.54, 1.807) is 29.9 Å². The lowest BCUT2D eigenvalue weighted by atomic mass is 9.98. The van der Waals surface area contributed by atoms with Crippen LogP contribution in [0.2, 0.25) is 0 Å². The van der Waals surface area contributed by atoms with E-state index >= 15 is 0 Å². The highest BCUT2D eigenvalue weighted by atomic mass is 32.1. The number of aryl methyl sites for hydroxylation is 5. The zero-order valence-corrected chi connectivity index (χ0v) is 70.3. The van der Waals surface area contributed by atoms with Gasteiger partial charge in [0.15, 0.2) is 45.9 Å². The lowest BCUT2D eigenvalue weighted by molar-refractivity contribution is 0.216. The summed E-state index contributed by atoms with van der Waals surface area (Å²) in [5.74, 6) is 2.69. The van der Waals surface area contributed by atoms with Crippen molar-refractivity contribution >= 4 is 125 Å². The third-order valence-electron chi connectivity index (χ3n) is 23.1. The van der Waals surface area contributed by atoms with Gasteiger partial charge in [0.1, 0.15) is 47.4 Å². The van der Waals surface area contributed by atoms with Gasteiger partial charge in [0.05, 0.1) is 71.0 Å². The van der Waals surface area contributed by atoms with Crippen molar-refractivity contribution in [3.63, 3.8) is 0 Å². The molecule has 3 unspecified atom stereocenters. The minimum Gasteiger partial charge on any atom is -0.360 e. The van der Waals surface area contributed by atoms with Crippen LogP contribution in [0.1, 0.15) is 179 Å². The van der Waals surface area contributed by atoms with Crippen LogP contribution in [0.15, 0.2) is 191 Å². The van der Waals surface area contributed by atoms with Crippen LogP contribution in [0.25, 0.3) is 93.4 Å². The zero-order valence-electron chi connectivity index (χ0n) is 69.3. The van der Waals surface area contributed by atoms with E-state index in [0.29, 0.717) is 45.9 Å². The number of aromatic nitrogens is 20. The molecule has 2 fully saturated rings. The molecule has 1 saturated carbocycles. The number of H-pyrrole nitrogens is 4. The number of likely N-dealkylation sites (tertiary alicyclic amines) is 1. The first kappa shape index (κ1) is 81.8. The van der Waals surface area contributed by atoms with Crippen LogP contribution >= 0.6 is 13.5 Å². The molecule has 1 aliphatic heterocycles. The molecule has 120 heavy (non-hydrogen) atoms. The Morgan fingerprint density at radius 2 is 0.758 bits per heavy atom. The van der Waals surface area contributed by atoms with Crippen LogP contribution < -0.4 is 43.5 Å². The topological polar surface area (TPSA) is 357 Å². The molecule has 13 heterocycles. The van der Waals surface area contributed by atoms with Gasteiger partial charge in [-0.15, -0.1) is 0 Å². The average Bonchev–Trinajstić information content (AvgIpc) is 1.27. The molecule has 30 heteroatoms. The number of piperidine rings is 1. The predicted octanol–water partition coefficient (Wildman–Crippen LogP) is 16.4. The molecule has 19 rings (SSSR count). The summed E-state index contributed by atoms with van der Waals surface area (Å²) < 4.78 is 7.75. The van der Waals surface area contributed by atoms with Gasteiger partial charge in [-0.05, 0) is 207 Å². The summed E-state index contributed by atoms with van der Waals surface area (Å²) in [5, 5.41) is 20.9. The highest BCUT2D eigenvalue weighted by Crippen LogP contribution is 2.37. The molecular formula is C90H99N25O4S. The molecule has 614 valence electrons. The van der Waals surface area contributed by atoms with Crippen molar-refractivity contribution in [1.82, 2.24) is 103 Å². The maximum absolute atomic E-state index is 13.9. The van der Waals surface area contributed by atoms with Crippen molar-refractivity contribution in [3.05, 3.63) is 264 Å². The number of pyridine rings is 4. The van der Waals surface area contributed by atoms with E-state index in [0.717, 1.165) is 167 Å². The van der Waals surface area contributed by atoms with E-state index in [-0.39, 0.29) is 78.0 Å². The summed E-state index contributed by atoms with van der Waals surface area (Å²) in [6, 6.07) is 40.5. The highest BCUT2D eigenvalue weighted by Gasteiger charge is 2.30. The summed E-state index contributed by atoms with van der Waals surface area (Å²) in [7, 11) is 2.14. The van der Waals surface area contributed by atoms with Crippen LogP contribution in [-0.4, -0.2) is 123 Å². The van der Waals surface area contributed by atoms with Crippen molar-refractivity contribution in [2.75, 3.05) is 41.4 Å². The Morgan fingerprint density at radius 3 is 1.18 bits per heavy atom. The molecule has 8 N–H and O–H groups in total. The number of imidazole rings is 4. The molecule has 0 radical (unpaired) electrons. The third kappa shape index (κ3) is 16.2. The van der Waals surface area contributed by atoms with Gasteiger partial charge >= 0.3 is 0 Å². The van der Waals surface area contributed by atoms with E-state index in [4.69, 9.17) is 0 Å². The molecule has 12 aromatic heterocycles. The Morgan fingerprint density at radius 1 is 0.400 bits per heavy atom. The summed E-state index contributed by atoms with van der Waals surface area (Å²) in [6.07, 6.45) is 19.6. The molecule has 0 amide bonds. The number of nitrogens with zero attached hydrogens (tertiary/aromatic N) is 17. The van der Waals surface area contributed by atoms with Crippen molar-refractivity contribution < 1.29 is 0 Å². The summed E-state index contributed by atoms with van der Waals surface area (Å²) >= 11 is 0. The smallest absolute Gasteiger partial charge is 0.263 e. The number of hydrogen-bond donors (Lipinski definition) is 8. The normalized spacial score (nSPS) is 14.3. The van der Waals surface area contributed by atoms with Gasteiger partial charge in [-0.3, -0.25) is 23.7 Å². The van der Waals surface area contributed by atoms with Gasteiger partial charge in [-0.25, -0.2) is 59.8 Å². The molecular weight excluding hydrogens is 1530 g/mol. The fourth-order valence-electron chi connectivity index (χ4n) is 17.1. The van der Waals surface area contributed by atoms with E-state index in [9.17, 15) is 19.2 Å². The van der Waals surface area contributed by atoms with Crippen LogP contribution in [-0.2, 0) is 0 Å². The molecule has 4 atom stereocenters. The predicted molar refractivity (Wildman–Crippen MR) is 481 cm³/mol. The van der Waals surface area contributed by atoms with Crippen molar-refractivity contribution in [2.45, 2.75) is 163 Å². The molecule has 1 saturated heterocycles. The highest BCUT2D eigenvalue weighted by molar-refractivity contribution is 7.59. The van der Waals surface area contributed by atoms with Crippen LogP contribution in [0.4, 0.5) is 23.3 Å². The van der Waals surface area contributed by atoms with E-state index in [1.165, 1.54) is 38.2 Å². The first-order valence-electron chi connectivity index (χ1n) is 40.7. The third-order valence-corrected chi connectivity index (χ3v) is 23.1. The minimum atomic E-state index is -0.209. The van der Waals surface area contributed by atoms with E-state index in [1.807, 2.05) is 169 Å². The second-order valence-corrected chi connectivity index (χ2v) is 31.5. The monoisotopic (exact) mass is 1630 g/mol. The molecule has 1 aliphatic carbocycles. The van der Waals surface area contributed by atoms with Gasteiger partial charge in [0.2, 0.25) is 0 Å². The average molecular weight is 1630 g/mol. The molecule has 2 aliphatic rings. The number of benzene rings is 5. The molecule has 0 bridgehead atoms. The van der Waals surface area contributed by atoms with E-state index in [2.05, 4.69) is 156 Å². The van der Waals surface area contributed by atoms with Crippen molar-refractivity contribution in [2.24, 2.45) is 0 Å². The Kier molecular flexibility index (Phi) is 23.9. The maximum Gasteiger partial charge on any atom is 0.263 e. The van der Waals surface area contributed by atoms with Gasteiger partial charge < -0.3 is 59.8 Å².